The smallest absolute Gasteiger partial charge is 0.232 e. The lowest BCUT2D eigenvalue weighted by molar-refractivity contribution is 0.481. The number of nitrogens with one attached hydrogen (secondary N) is 2. The standard InChI is InChI=1S/C23H31ClN6S/c1-17-9-5-8-14-30(17)21-15-20(29-12-6-2-7-13-29)26-22(27-21)28-23(31)25-16-18-10-3-4-11-19(18)24/h3-4,10-11,15,17H,2,5-9,12-14,16H2,1H3,(H2,25,26,27,28,31)/t17-/m1/s1. The molecular weight excluding hydrogens is 428 g/mol. The summed E-state index contributed by atoms with van der Waals surface area (Å²) in [5.41, 5.74) is 0.999. The average Bonchev–Trinajstić information content (AvgIpc) is 2.79. The Kier molecular flexibility index (Phi) is 7.45. The third kappa shape index (κ3) is 5.77. The van der Waals surface area contributed by atoms with Crippen LogP contribution < -0.4 is 20.4 Å². The number of benzene rings is 1. The van der Waals surface area contributed by atoms with Crippen LogP contribution in [0.25, 0.3) is 0 Å². The number of anilines is 3. The number of piperidine rings is 2. The Morgan fingerprint density at radius 2 is 1.81 bits per heavy atom. The molecule has 0 radical (unpaired) electrons. The quantitative estimate of drug-likeness (QED) is 0.612. The first-order valence-corrected chi connectivity index (χ1v) is 12.1. The molecule has 166 valence electrons. The zero-order chi connectivity index (χ0) is 21.6. The largest absolute Gasteiger partial charge is 0.358 e. The third-order valence-electron chi connectivity index (χ3n) is 6.10. The molecule has 1 atom stereocenters. The van der Waals surface area contributed by atoms with E-state index in [1.807, 2.05) is 24.3 Å². The maximum Gasteiger partial charge on any atom is 0.232 e. The summed E-state index contributed by atoms with van der Waals surface area (Å²) in [5, 5.41) is 7.65. The molecule has 2 aromatic rings. The van der Waals surface area contributed by atoms with Gasteiger partial charge in [-0.15, -0.1) is 0 Å². The van der Waals surface area contributed by atoms with Crippen molar-refractivity contribution < 1.29 is 0 Å². The van der Waals surface area contributed by atoms with Crippen LogP contribution in [-0.2, 0) is 6.54 Å². The van der Waals surface area contributed by atoms with Gasteiger partial charge in [0.25, 0.3) is 0 Å². The van der Waals surface area contributed by atoms with E-state index in [4.69, 9.17) is 33.8 Å². The van der Waals surface area contributed by atoms with Crippen LogP contribution in [0.1, 0.15) is 51.0 Å². The van der Waals surface area contributed by atoms with Gasteiger partial charge in [-0.2, -0.15) is 9.97 Å². The summed E-state index contributed by atoms with van der Waals surface area (Å²) in [6, 6.07) is 10.4. The molecule has 2 N–H and O–H groups in total. The third-order valence-corrected chi connectivity index (χ3v) is 6.71. The van der Waals surface area contributed by atoms with E-state index in [0.29, 0.717) is 23.6 Å². The normalized spacial score (nSPS) is 19.2. The van der Waals surface area contributed by atoms with Crippen molar-refractivity contribution >= 4 is 46.5 Å². The van der Waals surface area contributed by atoms with Crippen LogP contribution in [0.4, 0.5) is 17.6 Å². The van der Waals surface area contributed by atoms with E-state index < -0.39 is 0 Å². The molecule has 6 nitrogen and oxygen atoms in total. The maximum absolute atomic E-state index is 6.26. The molecule has 8 heteroatoms. The van der Waals surface area contributed by atoms with Crippen molar-refractivity contribution in [3.8, 4) is 0 Å². The molecule has 0 aliphatic carbocycles. The molecule has 0 spiro atoms. The van der Waals surface area contributed by atoms with Gasteiger partial charge in [-0.3, -0.25) is 0 Å². The Morgan fingerprint density at radius 1 is 1.06 bits per heavy atom. The Labute approximate surface area is 195 Å². The number of aromatic nitrogens is 2. The summed E-state index contributed by atoms with van der Waals surface area (Å²) in [7, 11) is 0. The number of thiocarbonyl (C=S) groups is 1. The molecule has 2 fully saturated rings. The molecule has 0 saturated carbocycles. The second-order valence-electron chi connectivity index (χ2n) is 8.39. The van der Waals surface area contributed by atoms with Crippen molar-refractivity contribution in [2.45, 2.75) is 58.0 Å². The summed E-state index contributed by atoms with van der Waals surface area (Å²) in [5.74, 6) is 2.52. The van der Waals surface area contributed by atoms with Gasteiger partial charge in [-0.05, 0) is 69.3 Å². The summed E-state index contributed by atoms with van der Waals surface area (Å²) < 4.78 is 0. The molecule has 31 heavy (non-hydrogen) atoms. The minimum atomic E-state index is 0.482. The molecular formula is C23H31ClN6S. The van der Waals surface area contributed by atoms with E-state index in [1.54, 1.807) is 0 Å². The zero-order valence-electron chi connectivity index (χ0n) is 18.1. The van der Waals surface area contributed by atoms with Gasteiger partial charge in [0.1, 0.15) is 11.6 Å². The topological polar surface area (TPSA) is 56.3 Å². The van der Waals surface area contributed by atoms with Crippen LogP contribution in [0, 0.1) is 0 Å². The van der Waals surface area contributed by atoms with E-state index in [0.717, 1.165) is 41.9 Å². The van der Waals surface area contributed by atoms with E-state index in [-0.39, 0.29) is 0 Å². The van der Waals surface area contributed by atoms with Gasteiger partial charge in [0.15, 0.2) is 5.11 Å². The summed E-state index contributed by atoms with van der Waals surface area (Å²) in [4.78, 5) is 14.4. The van der Waals surface area contributed by atoms with Gasteiger partial charge in [0.2, 0.25) is 5.95 Å². The molecule has 0 unspecified atom stereocenters. The Morgan fingerprint density at radius 3 is 2.58 bits per heavy atom. The highest BCUT2D eigenvalue weighted by Gasteiger charge is 2.23. The van der Waals surface area contributed by atoms with Crippen LogP contribution >= 0.6 is 23.8 Å². The van der Waals surface area contributed by atoms with Crippen molar-refractivity contribution in [1.82, 2.24) is 15.3 Å². The summed E-state index contributed by atoms with van der Waals surface area (Å²) in [6.45, 7) is 5.95. The van der Waals surface area contributed by atoms with Gasteiger partial charge in [-0.25, -0.2) is 0 Å². The SMILES string of the molecule is C[C@@H]1CCCCN1c1cc(N2CCCCC2)nc(NC(=S)NCc2ccccc2Cl)n1. The highest BCUT2D eigenvalue weighted by molar-refractivity contribution is 7.80. The molecule has 0 amide bonds. The van der Waals surface area contributed by atoms with Gasteiger partial charge in [0, 0.05) is 43.3 Å². The molecule has 4 rings (SSSR count). The number of hydrogen-bond acceptors (Lipinski definition) is 5. The fourth-order valence-corrected chi connectivity index (χ4v) is 4.68. The molecule has 1 aromatic heterocycles. The Balaban J connectivity index is 1.51. The van der Waals surface area contributed by atoms with E-state index in [2.05, 4.69) is 33.4 Å². The Bertz CT molecular complexity index is 901. The number of rotatable bonds is 5. The minimum absolute atomic E-state index is 0.482. The lowest BCUT2D eigenvalue weighted by Crippen LogP contribution is -2.39. The highest BCUT2D eigenvalue weighted by Crippen LogP contribution is 2.28. The van der Waals surface area contributed by atoms with Crippen LogP contribution in [-0.4, -0.2) is 40.8 Å². The zero-order valence-corrected chi connectivity index (χ0v) is 19.7. The van der Waals surface area contributed by atoms with Crippen molar-refractivity contribution in [1.29, 1.82) is 0 Å². The van der Waals surface area contributed by atoms with Crippen molar-refractivity contribution in [3.05, 3.63) is 40.9 Å². The fraction of sp³-hybridized carbons (Fsp3) is 0.522. The van der Waals surface area contributed by atoms with Gasteiger partial charge < -0.3 is 20.4 Å². The first-order valence-electron chi connectivity index (χ1n) is 11.3. The lowest BCUT2D eigenvalue weighted by Gasteiger charge is -2.35. The molecule has 2 aliphatic heterocycles. The molecule has 0 bridgehead atoms. The van der Waals surface area contributed by atoms with Crippen LogP contribution in [0.15, 0.2) is 30.3 Å². The molecule has 3 heterocycles. The first kappa shape index (κ1) is 22.1. The lowest BCUT2D eigenvalue weighted by atomic mass is 10.0. The molecule has 2 aliphatic rings. The van der Waals surface area contributed by atoms with E-state index >= 15 is 0 Å². The number of halogens is 1. The number of nitrogens with zero attached hydrogens (tertiary/aromatic N) is 4. The van der Waals surface area contributed by atoms with Crippen LogP contribution in [0.2, 0.25) is 5.02 Å². The molecule has 2 saturated heterocycles. The minimum Gasteiger partial charge on any atom is -0.358 e. The predicted octanol–water partition coefficient (Wildman–Crippen LogP) is 4.99. The maximum atomic E-state index is 6.26. The first-order chi connectivity index (χ1) is 15.1. The van der Waals surface area contributed by atoms with Crippen molar-refractivity contribution in [3.63, 3.8) is 0 Å². The van der Waals surface area contributed by atoms with Gasteiger partial charge >= 0.3 is 0 Å². The van der Waals surface area contributed by atoms with Crippen molar-refractivity contribution in [2.75, 3.05) is 34.8 Å². The number of hydrogen-bond donors (Lipinski definition) is 2. The van der Waals surface area contributed by atoms with E-state index in [1.165, 1.54) is 38.5 Å². The van der Waals surface area contributed by atoms with Crippen LogP contribution in [0.5, 0.6) is 0 Å². The average molecular weight is 459 g/mol. The highest BCUT2D eigenvalue weighted by atomic mass is 35.5. The van der Waals surface area contributed by atoms with Gasteiger partial charge in [-0.1, -0.05) is 29.8 Å². The van der Waals surface area contributed by atoms with E-state index in [9.17, 15) is 0 Å². The predicted molar refractivity (Wildman–Crippen MR) is 133 cm³/mol. The second-order valence-corrected chi connectivity index (χ2v) is 9.21. The van der Waals surface area contributed by atoms with Crippen molar-refractivity contribution in [2.24, 2.45) is 0 Å². The molecule has 1 aromatic carbocycles. The fourth-order valence-electron chi connectivity index (χ4n) is 4.31. The Hall–Kier alpha value is -2.12. The summed E-state index contributed by atoms with van der Waals surface area (Å²) in [6.07, 6.45) is 7.39. The van der Waals surface area contributed by atoms with Gasteiger partial charge in [0.05, 0.1) is 0 Å². The monoisotopic (exact) mass is 458 g/mol. The second kappa shape index (κ2) is 10.5. The van der Waals surface area contributed by atoms with Crippen LogP contribution in [0.3, 0.4) is 0 Å². The summed E-state index contributed by atoms with van der Waals surface area (Å²) >= 11 is 11.8.